The summed E-state index contributed by atoms with van der Waals surface area (Å²) >= 11 is 0. The minimum atomic E-state index is -1.21. The maximum absolute atomic E-state index is 11.9. The van der Waals surface area contributed by atoms with Crippen molar-refractivity contribution in [1.29, 1.82) is 0 Å². The summed E-state index contributed by atoms with van der Waals surface area (Å²) in [6.45, 7) is -0.0672. The van der Waals surface area contributed by atoms with Crippen LogP contribution in [0.1, 0.15) is 11.4 Å². The first kappa shape index (κ1) is 17.8. The molecule has 2 rings (SSSR count). The highest BCUT2D eigenvalue weighted by atomic mass is 16.6. The minimum absolute atomic E-state index is 0.0336. The maximum Gasteiger partial charge on any atom is 0.617 e. The first-order valence-electron chi connectivity index (χ1n) is 7.35. The highest BCUT2D eigenvalue weighted by Gasteiger charge is 2.41. The third kappa shape index (κ3) is 4.72. The molecular weight excluding hydrogens is 315 g/mol. The molecular formula is C15H19BN2O6. The van der Waals surface area contributed by atoms with Gasteiger partial charge in [0.25, 0.3) is 0 Å². The maximum atomic E-state index is 11.9. The van der Waals surface area contributed by atoms with E-state index in [1.165, 1.54) is 18.2 Å². The smallest absolute Gasteiger partial charge is 0.617 e. The zero-order valence-electron chi connectivity index (χ0n) is 13.8. The van der Waals surface area contributed by atoms with Crippen LogP contribution in [0.5, 0.6) is 5.75 Å². The van der Waals surface area contributed by atoms with Crippen molar-refractivity contribution in [2.45, 2.75) is 5.82 Å². The number of hydrogen-bond donors (Lipinski definition) is 0. The standard InChI is InChI=1S/C15H19BN2O6/c1-17-9-14(19)23-16(24-15(20)10-17)13(8-18(2)21)11-4-6-12(22-3)7-5-11/h4-8,13H,9-10H2,1-3H3/b18-8-. The highest BCUT2D eigenvalue weighted by Crippen LogP contribution is 2.22. The fourth-order valence-electron chi connectivity index (χ4n) is 2.37. The lowest BCUT2D eigenvalue weighted by molar-refractivity contribution is -0.418. The molecule has 0 aromatic heterocycles. The third-order valence-electron chi connectivity index (χ3n) is 3.46. The van der Waals surface area contributed by atoms with Crippen LogP contribution in [-0.2, 0) is 18.9 Å². The minimum Gasteiger partial charge on any atom is -0.624 e. The molecule has 1 atom stereocenters. The van der Waals surface area contributed by atoms with Crippen LogP contribution < -0.4 is 4.74 Å². The van der Waals surface area contributed by atoms with Gasteiger partial charge in [-0.05, 0) is 24.7 Å². The van der Waals surface area contributed by atoms with Crippen LogP contribution >= 0.6 is 0 Å². The van der Waals surface area contributed by atoms with Gasteiger partial charge in [0.1, 0.15) is 18.6 Å². The molecule has 0 spiro atoms. The predicted molar refractivity (Wildman–Crippen MR) is 86.8 cm³/mol. The summed E-state index contributed by atoms with van der Waals surface area (Å²) in [4.78, 5) is 25.3. The Morgan fingerprint density at radius 1 is 1.25 bits per heavy atom. The largest absolute Gasteiger partial charge is 0.624 e. The summed E-state index contributed by atoms with van der Waals surface area (Å²) in [6.07, 6.45) is 1.29. The van der Waals surface area contributed by atoms with E-state index >= 15 is 0 Å². The molecule has 0 N–H and O–H groups in total. The molecule has 1 saturated heterocycles. The Hall–Kier alpha value is -2.55. The summed E-state index contributed by atoms with van der Waals surface area (Å²) in [7, 11) is 3.25. The first-order valence-corrected chi connectivity index (χ1v) is 7.35. The van der Waals surface area contributed by atoms with Gasteiger partial charge in [-0.15, -0.1) is 0 Å². The predicted octanol–water partition coefficient (Wildman–Crippen LogP) is 0.0489. The van der Waals surface area contributed by atoms with E-state index in [0.29, 0.717) is 16.1 Å². The Morgan fingerprint density at radius 2 is 1.79 bits per heavy atom. The number of carbonyl (C=O) groups excluding carboxylic acids is 2. The fourth-order valence-corrected chi connectivity index (χ4v) is 2.37. The van der Waals surface area contributed by atoms with Gasteiger partial charge >= 0.3 is 19.1 Å². The lowest BCUT2D eigenvalue weighted by Crippen LogP contribution is -2.45. The molecule has 0 radical (unpaired) electrons. The summed E-state index contributed by atoms with van der Waals surface area (Å²) in [5.74, 6) is -1.15. The summed E-state index contributed by atoms with van der Waals surface area (Å²) in [5, 5.41) is 11.5. The van der Waals surface area contributed by atoms with Crippen LogP contribution in [0.2, 0.25) is 0 Å². The number of benzene rings is 1. The average molecular weight is 334 g/mol. The Balaban J connectivity index is 2.32. The number of methoxy groups -OCH3 is 1. The van der Waals surface area contributed by atoms with E-state index in [-0.39, 0.29) is 13.1 Å². The number of likely N-dealkylation sites (N-methyl/N-ethyl adjacent to an activating group) is 1. The first-order chi connectivity index (χ1) is 11.4. The number of hydrogen-bond acceptors (Lipinski definition) is 7. The normalized spacial score (nSPS) is 18.3. The second kappa shape index (κ2) is 7.82. The molecule has 1 aromatic rings. The van der Waals surface area contributed by atoms with E-state index in [2.05, 4.69) is 0 Å². The molecule has 24 heavy (non-hydrogen) atoms. The molecule has 0 saturated carbocycles. The molecule has 1 aromatic carbocycles. The number of ether oxygens (including phenoxy) is 1. The molecule has 0 bridgehead atoms. The molecule has 8 nitrogen and oxygen atoms in total. The molecule has 1 aliphatic rings. The van der Waals surface area contributed by atoms with Crippen molar-refractivity contribution in [2.75, 3.05) is 34.3 Å². The van der Waals surface area contributed by atoms with Crippen molar-refractivity contribution in [3.63, 3.8) is 0 Å². The van der Waals surface area contributed by atoms with Crippen LogP contribution in [0.25, 0.3) is 0 Å². The van der Waals surface area contributed by atoms with E-state index in [1.807, 2.05) is 0 Å². The van der Waals surface area contributed by atoms with E-state index in [1.54, 1.807) is 38.4 Å². The molecule has 1 unspecified atom stereocenters. The molecule has 1 aliphatic heterocycles. The monoisotopic (exact) mass is 334 g/mol. The van der Waals surface area contributed by atoms with Crippen LogP contribution in [0.15, 0.2) is 24.3 Å². The number of rotatable bonds is 4. The van der Waals surface area contributed by atoms with Gasteiger partial charge in [-0.2, -0.15) is 0 Å². The van der Waals surface area contributed by atoms with Gasteiger partial charge in [0.05, 0.1) is 20.2 Å². The van der Waals surface area contributed by atoms with Crippen LogP contribution in [0.3, 0.4) is 0 Å². The second-order valence-electron chi connectivity index (χ2n) is 5.51. The van der Waals surface area contributed by atoms with Crippen LogP contribution in [0, 0.1) is 5.21 Å². The van der Waals surface area contributed by atoms with Gasteiger partial charge in [-0.25, -0.2) is 4.74 Å². The Bertz CT molecular complexity index is 609. The number of hydroxylamine groups is 1. The van der Waals surface area contributed by atoms with Crippen molar-refractivity contribution in [3.05, 3.63) is 35.0 Å². The molecule has 0 amide bonds. The topological polar surface area (TPSA) is 91.1 Å². The molecule has 0 aliphatic carbocycles. The van der Waals surface area contributed by atoms with Crippen molar-refractivity contribution in [2.24, 2.45) is 0 Å². The lowest BCUT2D eigenvalue weighted by atomic mass is 9.68. The van der Waals surface area contributed by atoms with Crippen molar-refractivity contribution < 1.29 is 28.4 Å². The van der Waals surface area contributed by atoms with Gasteiger partial charge in [0.15, 0.2) is 6.21 Å². The number of nitrogens with zero attached hydrogens (tertiary/aromatic N) is 2. The molecule has 1 fully saturated rings. The van der Waals surface area contributed by atoms with Gasteiger partial charge in [0, 0.05) is 0 Å². The molecule has 9 heteroatoms. The van der Waals surface area contributed by atoms with Crippen molar-refractivity contribution in [3.8, 4) is 5.75 Å². The van der Waals surface area contributed by atoms with E-state index in [4.69, 9.17) is 14.0 Å². The average Bonchev–Trinajstić information content (AvgIpc) is 2.50. The zero-order chi connectivity index (χ0) is 17.7. The molecule has 1 heterocycles. The van der Waals surface area contributed by atoms with Crippen LogP contribution in [0.4, 0.5) is 0 Å². The Labute approximate surface area is 140 Å². The number of carbonyl (C=O) groups is 2. The third-order valence-corrected chi connectivity index (χ3v) is 3.46. The SMILES string of the molecule is COc1ccc(C(/C=[N+](/C)[O-])B2OC(=O)CN(C)CC(=O)O2)cc1. The zero-order valence-corrected chi connectivity index (χ0v) is 13.8. The lowest BCUT2D eigenvalue weighted by Gasteiger charge is -2.25. The summed E-state index contributed by atoms with van der Waals surface area (Å²) in [6, 6.07) is 6.86. The fraction of sp³-hybridized carbons (Fsp3) is 0.400. The van der Waals surface area contributed by atoms with Gasteiger partial charge in [-0.3, -0.25) is 14.5 Å². The van der Waals surface area contributed by atoms with Crippen molar-refractivity contribution >= 4 is 25.3 Å². The summed E-state index contributed by atoms with van der Waals surface area (Å²) in [5.41, 5.74) is 0.651. The van der Waals surface area contributed by atoms with Gasteiger partial charge < -0.3 is 19.3 Å². The van der Waals surface area contributed by atoms with Crippen molar-refractivity contribution in [1.82, 2.24) is 4.90 Å². The van der Waals surface area contributed by atoms with Gasteiger partial charge in [-0.1, -0.05) is 12.1 Å². The highest BCUT2D eigenvalue weighted by molar-refractivity contribution is 6.54. The van der Waals surface area contributed by atoms with E-state index in [0.717, 1.165) is 0 Å². The quantitative estimate of drug-likeness (QED) is 0.253. The van der Waals surface area contributed by atoms with E-state index < -0.39 is 24.9 Å². The van der Waals surface area contributed by atoms with Gasteiger partial charge in [0.2, 0.25) is 0 Å². The van der Waals surface area contributed by atoms with E-state index in [9.17, 15) is 14.8 Å². The van der Waals surface area contributed by atoms with Crippen LogP contribution in [-0.4, -0.2) is 69.2 Å². The second-order valence-corrected chi connectivity index (χ2v) is 5.51. The Morgan fingerprint density at radius 3 is 2.25 bits per heavy atom. The summed E-state index contributed by atoms with van der Waals surface area (Å²) < 4.78 is 16.2. The molecule has 128 valence electrons. The Kier molecular flexibility index (Phi) is 5.80.